The summed E-state index contributed by atoms with van der Waals surface area (Å²) in [6.45, 7) is 3.89. The van der Waals surface area contributed by atoms with Crippen molar-refractivity contribution < 1.29 is 22.8 Å². The van der Waals surface area contributed by atoms with Crippen molar-refractivity contribution in [1.82, 2.24) is 4.31 Å². The lowest BCUT2D eigenvalue weighted by molar-refractivity contribution is -0.387. The van der Waals surface area contributed by atoms with Crippen LogP contribution in [0.25, 0.3) is 0 Å². The normalized spacial score (nSPS) is 12.7. The predicted molar refractivity (Wildman–Crippen MR) is 73.9 cm³/mol. The maximum atomic E-state index is 13.6. The second-order valence-electron chi connectivity index (χ2n) is 5.40. The van der Waals surface area contributed by atoms with Crippen molar-refractivity contribution in [2.45, 2.75) is 31.3 Å². The first-order valence-corrected chi connectivity index (χ1v) is 7.43. The summed E-state index contributed by atoms with van der Waals surface area (Å²) < 4.78 is 39.1. The number of benzene rings is 1. The number of hydrogen-bond acceptors (Lipinski definition) is 5. The van der Waals surface area contributed by atoms with Crippen LogP contribution < -0.4 is 0 Å². The van der Waals surface area contributed by atoms with E-state index < -0.39 is 32.1 Å². The van der Waals surface area contributed by atoms with Crippen molar-refractivity contribution in [1.29, 1.82) is 0 Å². The molecule has 1 aromatic rings. The molecule has 1 N–H and O–H groups in total. The third-order valence-corrected chi connectivity index (χ3v) is 4.50. The molecule has 21 heavy (non-hydrogen) atoms. The minimum Gasteiger partial charge on any atom is -0.389 e. The Labute approximate surface area is 122 Å². The molecule has 0 aliphatic heterocycles. The van der Waals surface area contributed by atoms with Gasteiger partial charge in [0.2, 0.25) is 15.8 Å². The quantitative estimate of drug-likeness (QED) is 0.653. The Balaban J connectivity index is 3.36. The summed E-state index contributed by atoms with van der Waals surface area (Å²) in [4.78, 5) is 9.41. The molecule has 0 saturated heterocycles. The van der Waals surface area contributed by atoms with Crippen molar-refractivity contribution in [3.05, 3.63) is 33.6 Å². The molecule has 0 atom stereocenters. The first-order valence-electron chi connectivity index (χ1n) is 5.99. The average Bonchev–Trinajstić information content (AvgIpc) is 2.29. The number of likely N-dealkylation sites (N-methyl/N-ethyl adjacent to an activating group) is 1. The van der Waals surface area contributed by atoms with E-state index in [0.717, 1.165) is 10.4 Å². The Bertz CT molecular complexity index is 667. The Morgan fingerprint density at radius 2 is 1.95 bits per heavy atom. The highest BCUT2D eigenvalue weighted by Gasteiger charge is 2.29. The van der Waals surface area contributed by atoms with E-state index in [-0.39, 0.29) is 17.0 Å². The molecule has 0 spiro atoms. The summed E-state index contributed by atoms with van der Waals surface area (Å²) >= 11 is 0. The largest absolute Gasteiger partial charge is 0.389 e. The summed E-state index contributed by atoms with van der Waals surface area (Å²) in [5, 5.41) is 20.4. The molecule has 9 heteroatoms. The van der Waals surface area contributed by atoms with E-state index in [1.165, 1.54) is 27.8 Å². The topological polar surface area (TPSA) is 101 Å². The third kappa shape index (κ3) is 3.96. The number of nitro groups is 1. The zero-order chi connectivity index (χ0) is 16.6. The van der Waals surface area contributed by atoms with Gasteiger partial charge in [-0.15, -0.1) is 0 Å². The van der Waals surface area contributed by atoms with Gasteiger partial charge in [-0.1, -0.05) is 0 Å². The van der Waals surface area contributed by atoms with Crippen LogP contribution in [0.5, 0.6) is 0 Å². The number of hydrogen-bond donors (Lipinski definition) is 1. The van der Waals surface area contributed by atoms with Crippen LogP contribution in [0.4, 0.5) is 10.1 Å². The van der Waals surface area contributed by atoms with Gasteiger partial charge in [-0.3, -0.25) is 10.1 Å². The summed E-state index contributed by atoms with van der Waals surface area (Å²) in [6, 6.07) is 1.71. The van der Waals surface area contributed by atoms with E-state index in [2.05, 4.69) is 0 Å². The van der Waals surface area contributed by atoms with Crippen LogP contribution in [-0.4, -0.2) is 41.9 Å². The number of aryl methyl sites for hydroxylation is 1. The van der Waals surface area contributed by atoms with Crippen molar-refractivity contribution in [2.75, 3.05) is 13.6 Å². The van der Waals surface area contributed by atoms with Crippen LogP contribution in [0, 0.1) is 22.9 Å². The highest BCUT2D eigenvalue weighted by atomic mass is 32.2. The standard InChI is InChI=1S/C12H17FN2O5S/c1-8-5-9(6-10(11(8)13)15(17)18)21(19,20)14(4)7-12(2,3)16/h5-6,16H,7H2,1-4H3. The van der Waals surface area contributed by atoms with E-state index in [4.69, 9.17) is 0 Å². The van der Waals surface area contributed by atoms with Crippen LogP contribution in [-0.2, 0) is 10.0 Å². The van der Waals surface area contributed by atoms with Crippen LogP contribution in [0.2, 0.25) is 0 Å². The maximum Gasteiger partial charge on any atom is 0.306 e. The van der Waals surface area contributed by atoms with Gasteiger partial charge in [0.1, 0.15) is 0 Å². The minimum absolute atomic E-state index is 0.139. The molecule has 0 heterocycles. The van der Waals surface area contributed by atoms with Gasteiger partial charge in [-0.25, -0.2) is 8.42 Å². The van der Waals surface area contributed by atoms with Crippen molar-refractivity contribution in [2.24, 2.45) is 0 Å². The molecule has 7 nitrogen and oxygen atoms in total. The number of aliphatic hydroxyl groups is 1. The minimum atomic E-state index is -4.07. The van der Waals surface area contributed by atoms with Gasteiger partial charge in [-0.2, -0.15) is 8.70 Å². The Morgan fingerprint density at radius 1 is 1.43 bits per heavy atom. The molecule has 0 bridgehead atoms. The van der Waals surface area contributed by atoms with Gasteiger partial charge < -0.3 is 5.11 Å². The van der Waals surface area contributed by atoms with Gasteiger partial charge >= 0.3 is 5.69 Å². The molecular weight excluding hydrogens is 303 g/mol. The van der Waals surface area contributed by atoms with Gasteiger partial charge in [0.15, 0.2) is 0 Å². The number of halogens is 1. The van der Waals surface area contributed by atoms with Crippen molar-refractivity contribution in [3.63, 3.8) is 0 Å². The Hall–Kier alpha value is -1.58. The number of sulfonamides is 1. The second kappa shape index (κ2) is 5.66. The van der Waals surface area contributed by atoms with Crippen LogP contribution in [0.15, 0.2) is 17.0 Å². The molecule has 0 fully saturated rings. The van der Waals surface area contributed by atoms with Gasteiger partial charge in [0, 0.05) is 19.7 Å². The van der Waals surface area contributed by atoms with Crippen LogP contribution in [0.1, 0.15) is 19.4 Å². The summed E-state index contributed by atoms with van der Waals surface area (Å²) in [6.07, 6.45) is 0. The summed E-state index contributed by atoms with van der Waals surface area (Å²) in [5.41, 5.74) is -2.31. The highest BCUT2D eigenvalue weighted by Crippen LogP contribution is 2.27. The number of nitrogens with zero attached hydrogens (tertiary/aromatic N) is 2. The lowest BCUT2D eigenvalue weighted by Gasteiger charge is -2.25. The molecular formula is C12H17FN2O5S. The van der Waals surface area contributed by atoms with Crippen molar-refractivity contribution in [3.8, 4) is 0 Å². The smallest absolute Gasteiger partial charge is 0.306 e. The maximum absolute atomic E-state index is 13.6. The molecule has 118 valence electrons. The molecule has 0 saturated carbocycles. The fraction of sp³-hybridized carbons (Fsp3) is 0.500. The average molecular weight is 320 g/mol. The zero-order valence-corrected chi connectivity index (χ0v) is 12.9. The lowest BCUT2D eigenvalue weighted by Crippen LogP contribution is -2.39. The van der Waals surface area contributed by atoms with Crippen molar-refractivity contribution >= 4 is 15.7 Å². The first kappa shape index (κ1) is 17.5. The van der Waals surface area contributed by atoms with Gasteiger partial charge in [-0.05, 0) is 32.4 Å². The second-order valence-corrected chi connectivity index (χ2v) is 7.45. The Kier molecular flexibility index (Phi) is 4.71. The molecule has 0 unspecified atom stereocenters. The SMILES string of the molecule is Cc1cc(S(=O)(=O)N(C)CC(C)(C)O)cc([N+](=O)[O-])c1F. The molecule has 0 radical (unpaired) electrons. The van der Waals surface area contributed by atoms with E-state index in [9.17, 15) is 28.0 Å². The lowest BCUT2D eigenvalue weighted by atomic mass is 10.1. The molecule has 0 amide bonds. The molecule has 0 aliphatic rings. The fourth-order valence-corrected chi connectivity index (χ4v) is 3.24. The summed E-state index contributed by atoms with van der Waals surface area (Å²) in [7, 11) is -2.83. The van der Waals surface area contributed by atoms with E-state index in [0.29, 0.717) is 6.07 Å². The molecule has 1 rings (SSSR count). The molecule has 0 aliphatic carbocycles. The molecule has 0 aromatic heterocycles. The first-order chi connectivity index (χ1) is 9.36. The van der Waals surface area contributed by atoms with Crippen LogP contribution >= 0.6 is 0 Å². The number of nitro benzene ring substituents is 1. The van der Waals surface area contributed by atoms with Gasteiger partial charge in [0.25, 0.3) is 0 Å². The Morgan fingerprint density at radius 3 is 2.38 bits per heavy atom. The van der Waals surface area contributed by atoms with E-state index in [1.807, 2.05) is 0 Å². The summed E-state index contributed by atoms with van der Waals surface area (Å²) in [5.74, 6) is -1.07. The zero-order valence-electron chi connectivity index (χ0n) is 12.1. The fourth-order valence-electron chi connectivity index (χ4n) is 1.81. The van der Waals surface area contributed by atoms with E-state index >= 15 is 0 Å². The van der Waals surface area contributed by atoms with Gasteiger partial charge in [0.05, 0.1) is 15.4 Å². The molecule has 1 aromatic carbocycles. The number of rotatable bonds is 5. The monoisotopic (exact) mass is 320 g/mol. The third-order valence-electron chi connectivity index (χ3n) is 2.72. The van der Waals surface area contributed by atoms with E-state index in [1.54, 1.807) is 0 Å². The predicted octanol–water partition coefficient (Wildman–Crippen LogP) is 1.43. The van der Waals surface area contributed by atoms with Crippen LogP contribution in [0.3, 0.4) is 0 Å². The highest BCUT2D eigenvalue weighted by molar-refractivity contribution is 7.89.